The molecular formula is C44H47ClN6O6. The highest BCUT2D eigenvalue weighted by molar-refractivity contribution is 6.31. The van der Waals surface area contributed by atoms with Crippen molar-refractivity contribution in [3.63, 3.8) is 0 Å². The zero-order valence-corrected chi connectivity index (χ0v) is 33.4. The van der Waals surface area contributed by atoms with E-state index >= 15 is 0 Å². The molecule has 2 aliphatic carbocycles. The van der Waals surface area contributed by atoms with Crippen molar-refractivity contribution in [2.24, 2.45) is 16.7 Å². The van der Waals surface area contributed by atoms with E-state index in [1.807, 2.05) is 18.2 Å². The molecule has 2 saturated carbocycles. The fraction of sp³-hybridized carbons (Fsp3) is 0.455. The van der Waals surface area contributed by atoms with Gasteiger partial charge in [0.15, 0.2) is 0 Å². The van der Waals surface area contributed by atoms with Crippen LogP contribution in [0.1, 0.15) is 101 Å². The molecule has 57 heavy (non-hydrogen) atoms. The Morgan fingerprint density at radius 3 is 2.25 bits per heavy atom. The number of nitrogens with zero attached hydrogens (tertiary/aromatic N) is 4. The molecule has 0 radical (unpaired) electrons. The average molecular weight is 791 g/mol. The highest BCUT2D eigenvalue weighted by atomic mass is 35.5. The van der Waals surface area contributed by atoms with E-state index in [0.717, 1.165) is 56.2 Å². The molecule has 3 heterocycles. The first-order valence-corrected chi connectivity index (χ1v) is 20.1. The van der Waals surface area contributed by atoms with Crippen LogP contribution in [0.2, 0.25) is 5.02 Å². The van der Waals surface area contributed by atoms with E-state index in [9.17, 15) is 29.2 Å². The number of carbonyl (C=O) groups is 5. The summed E-state index contributed by atoms with van der Waals surface area (Å²) in [6.07, 6.45) is 2.25. The predicted molar refractivity (Wildman–Crippen MR) is 213 cm³/mol. The van der Waals surface area contributed by atoms with E-state index in [1.165, 1.54) is 5.56 Å². The molecule has 1 unspecified atom stereocenters. The van der Waals surface area contributed by atoms with Gasteiger partial charge in [0, 0.05) is 73.3 Å². The fourth-order valence-electron chi connectivity index (χ4n) is 10.1. The number of benzene rings is 3. The Morgan fingerprint density at radius 2 is 1.60 bits per heavy atom. The SMILES string of the molecule is CC1(C)C(NC(=O)c2ccc(C3CC(CN4CCN(c5ccc6c(c5)C(=O)N(C5CCC(=O)NC5=O)C6=O)CC4)C3)cc2)C(C)(C)C1Oc1ccc(C#N)c(Cl)c1. The van der Waals surface area contributed by atoms with E-state index in [-0.39, 0.29) is 41.7 Å². The lowest BCUT2D eigenvalue weighted by molar-refractivity contribution is -0.164. The minimum absolute atomic E-state index is 0.0897. The summed E-state index contributed by atoms with van der Waals surface area (Å²) >= 11 is 6.25. The molecule has 13 heteroatoms. The summed E-state index contributed by atoms with van der Waals surface area (Å²) in [5.41, 5.74) is 3.07. The van der Waals surface area contributed by atoms with Gasteiger partial charge in [0.1, 0.15) is 24.0 Å². The topological polar surface area (TPSA) is 152 Å². The minimum Gasteiger partial charge on any atom is -0.489 e. The van der Waals surface area contributed by atoms with Gasteiger partial charge in [-0.05, 0) is 79.1 Å². The molecule has 2 N–H and O–H groups in total. The Balaban J connectivity index is 0.793. The van der Waals surface area contributed by atoms with Crippen molar-refractivity contribution >= 4 is 46.8 Å². The van der Waals surface area contributed by atoms with Crippen LogP contribution in [-0.4, -0.2) is 90.2 Å². The van der Waals surface area contributed by atoms with E-state index in [4.69, 9.17) is 16.3 Å². The molecule has 1 atom stereocenters. The quantitative estimate of drug-likeness (QED) is 0.266. The molecule has 12 nitrogen and oxygen atoms in total. The summed E-state index contributed by atoms with van der Waals surface area (Å²) in [5, 5.41) is 15.1. The van der Waals surface area contributed by atoms with Gasteiger partial charge < -0.3 is 15.0 Å². The number of carbonyl (C=O) groups excluding carboxylic acids is 5. The molecule has 0 spiro atoms. The first kappa shape index (κ1) is 38.6. The maximum atomic E-state index is 13.5. The molecule has 3 aromatic rings. The predicted octanol–water partition coefficient (Wildman–Crippen LogP) is 5.54. The average Bonchev–Trinajstić information content (AvgIpc) is 3.42. The number of nitrogens with one attached hydrogen (secondary N) is 2. The van der Waals surface area contributed by atoms with Crippen molar-refractivity contribution in [2.75, 3.05) is 37.6 Å². The van der Waals surface area contributed by atoms with Crippen molar-refractivity contribution in [2.45, 2.75) is 77.5 Å². The van der Waals surface area contributed by atoms with Gasteiger partial charge in [0.25, 0.3) is 17.7 Å². The van der Waals surface area contributed by atoms with Crippen LogP contribution in [0.3, 0.4) is 0 Å². The van der Waals surface area contributed by atoms with Crippen LogP contribution in [0.15, 0.2) is 60.7 Å². The van der Waals surface area contributed by atoms with Crippen molar-refractivity contribution in [3.8, 4) is 11.8 Å². The lowest BCUT2D eigenvalue weighted by Crippen LogP contribution is -2.74. The summed E-state index contributed by atoms with van der Waals surface area (Å²) in [5.74, 6) is -0.419. The number of piperazine rings is 1. The number of anilines is 1. The first-order chi connectivity index (χ1) is 27.1. The van der Waals surface area contributed by atoms with Crippen molar-refractivity contribution in [1.82, 2.24) is 20.4 Å². The van der Waals surface area contributed by atoms with Gasteiger partial charge in [-0.15, -0.1) is 0 Å². The number of ether oxygens (including phenoxy) is 1. The monoisotopic (exact) mass is 790 g/mol. The smallest absolute Gasteiger partial charge is 0.262 e. The van der Waals surface area contributed by atoms with E-state index < -0.39 is 29.7 Å². The number of halogens is 1. The standard InChI is InChI=1S/C44H47ClN6O6/c1-43(2)41(44(3,4)42(43)57-31-11-9-28(23-46)34(45)22-31)48-37(53)27-7-5-26(6-8-27)29-19-25(20-29)24-49-15-17-50(18-16-49)30-10-12-32-33(21-30)40(56)51(39(32)55)35-13-14-36(52)47-38(35)54/h5-12,21-22,25,29,35,41-42H,13-20,24H2,1-4H3,(H,48,53)(H,47,52,54). The van der Waals surface area contributed by atoms with Gasteiger partial charge in [0.05, 0.1) is 21.7 Å². The largest absolute Gasteiger partial charge is 0.489 e. The zero-order chi connectivity index (χ0) is 40.4. The maximum Gasteiger partial charge on any atom is 0.262 e. The first-order valence-electron chi connectivity index (χ1n) is 19.8. The highest BCUT2D eigenvalue weighted by Crippen LogP contribution is 2.55. The Labute approximate surface area is 337 Å². The molecule has 5 amide bonds. The summed E-state index contributed by atoms with van der Waals surface area (Å²) in [6, 6.07) is 19.4. The molecule has 2 saturated heterocycles. The van der Waals surface area contributed by atoms with Crippen molar-refractivity contribution in [1.29, 1.82) is 5.26 Å². The molecule has 8 rings (SSSR count). The number of imide groups is 2. The second kappa shape index (κ2) is 14.6. The van der Waals surface area contributed by atoms with Crippen LogP contribution in [-0.2, 0) is 9.59 Å². The number of fused-ring (bicyclic) bond motifs is 1. The van der Waals surface area contributed by atoms with Crippen LogP contribution in [0.4, 0.5) is 5.69 Å². The second-order valence-electron chi connectivity index (χ2n) is 17.4. The number of amides is 5. The molecule has 0 aromatic heterocycles. The van der Waals surface area contributed by atoms with E-state index in [0.29, 0.717) is 44.9 Å². The maximum absolute atomic E-state index is 13.5. The Bertz CT molecular complexity index is 2180. The highest BCUT2D eigenvalue weighted by Gasteiger charge is 2.64. The molecular weight excluding hydrogens is 744 g/mol. The van der Waals surface area contributed by atoms with Gasteiger partial charge in [-0.25, -0.2) is 0 Å². The number of rotatable bonds is 9. The normalized spacial score (nSPS) is 26.5. The summed E-state index contributed by atoms with van der Waals surface area (Å²) in [7, 11) is 0. The van der Waals surface area contributed by atoms with E-state index in [1.54, 1.807) is 30.3 Å². The van der Waals surface area contributed by atoms with Crippen molar-refractivity contribution in [3.05, 3.63) is 93.5 Å². The fourth-order valence-corrected chi connectivity index (χ4v) is 10.3. The van der Waals surface area contributed by atoms with Gasteiger partial charge in [-0.2, -0.15) is 5.26 Å². The molecule has 4 fully saturated rings. The lowest BCUT2D eigenvalue weighted by Gasteiger charge is -2.63. The molecule has 3 aliphatic heterocycles. The van der Waals surface area contributed by atoms with Gasteiger partial charge in [-0.1, -0.05) is 51.4 Å². The minimum atomic E-state index is -0.975. The van der Waals surface area contributed by atoms with E-state index in [2.05, 4.69) is 66.3 Å². The van der Waals surface area contributed by atoms with Gasteiger partial charge >= 0.3 is 0 Å². The van der Waals surface area contributed by atoms with Gasteiger partial charge in [-0.3, -0.25) is 39.1 Å². The molecule has 0 bridgehead atoms. The number of piperidine rings is 1. The molecule has 5 aliphatic rings. The third kappa shape index (κ3) is 6.95. The third-order valence-corrected chi connectivity index (χ3v) is 13.3. The van der Waals surface area contributed by atoms with Crippen LogP contribution in [0.25, 0.3) is 0 Å². The number of nitriles is 1. The zero-order valence-electron chi connectivity index (χ0n) is 32.6. The summed E-state index contributed by atoms with van der Waals surface area (Å²) in [6.45, 7) is 12.8. The Hall–Kier alpha value is -5.25. The van der Waals surface area contributed by atoms with Crippen LogP contribution in [0, 0.1) is 28.1 Å². The third-order valence-electron chi connectivity index (χ3n) is 13.0. The van der Waals surface area contributed by atoms with Crippen LogP contribution in [0.5, 0.6) is 5.75 Å². The molecule has 3 aromatic carbocycles. The Kier molecular flexibility index (Phi) is 9.89. The second-order valence-corrected chi connectivity index (χ2v) is 17.8. The lowest BCUT2D eigenvalue weighted by atomic mass is 9.49. The summed E-state index contributed by atoms with van der Waals surface area (Å²) < 4.78 is 6.37. The Morgan fingerprint density at radius 1 is 0.912 bits per heavy atom. The van der Waals surface area contributed by atoms with Gasteiger partial charge in [0.2, 0.25) is 11.8 Å². The van der Waals surface area contributed by atoms with Crippen LogP contribution < -0.4 is 20.3 Å². The number of hydrogen-bond donors (Lipinski definition) is 2. The van der Waals surface area contributed by atoms with Crippen LogP contribution >= 0.6 is 11.6 Å². The molecule has 296 valence electrons. The van der Waals surface area contributed by atoms with Crippen molar-refractivity contribution < 1.29 is 28.7 Å². The number of hydrogen-bond acceptors (Lipinski definition) is 9. The summed E-state index contributed by atoms with van der Waals surface area (Å²) in [4.78, 5) is 69.7.